The van der Waals surface area contributed by atoms with Crippen LogP contribution in [0.25, 0.3) is 54.2 Å². The molecule has 0 bridgehead atoms. The van der Waals surface area contributed by atoms with Gasteiger partial charge in [-0.15, -0.1) is 11.3 Å². The van der Waals surface area contributed by atoms with Crippen LogP contribution in [0.2, 0.25) is 0 Å². The number of anilines is 3. The molecule has 0 fully saturated rings. The second-order valence-electron chi connectivity index (χ2n) is 18.7. The lowest BCUT2D eigenvalue weighted by Crippen LogP contribution is -2.29. The molecule has 1 aromatic heterocycles. The van der Waals surface area contributed by atoms with Crippen molar-refractivity contribution in [1.82, 2.24) is 0 Å². The van der Waals surface area contributed by atoms with Gasteiger partial charge in [-0.3, -0.25) is 0 Å². The van der Waals surface area contributed by atoms with Gasteiger partial charge < -0.3 is 4.90 Å². The highest BCUT2D eigenvalue weighted by atomic mass is 32.1. The van der Waals surface area contributed by atoms with Crippen LogP contribution < -0.4 is 4.90 Å². The Balaban J connectivity index is 1.07. The molecule has 2 aliphatic carbocycles. The van der Waals surface area contributed by atoms with Crippen LogP contribution in [0.5, 0.6) is 0 Å². The average molecular weight is 908 g/mol. The Bertz CT molecular complexity index is 3690. The van der Waals surface area contributed by atoms with E-state index < -0.39 is 10.8 Å². The molecule has 0 unspecified atom stereocenters. The van der Waals surface area contributed by atoms with Crippen LogP contribution in [0.1, 0.15) is 44.5 Å². The zero-order valence-corrected chi connectivity index (χ0v) is 39.2. The van der Waals surface area contributed by atoms with Gasteiger partial charge in [-0.1, -0.05) is 218 Å². The van der Waals surface area contributed by atoms with Gasteiger partial charge in [0.05, 0.1) is 16.5 Å². The second-order valence-corrected chi connectivity index (χ2v) is 19.6. The standard InChI is InChI=1S/C68H45NS/c1-5-19-48(20-6-1)67(49-21-7-2-8-22-49)61-31-17-15-28-56(61)58-36-34-52(44-63(58)67)69(65-39-38-54(55-27-13-14-30-60(55)65)46-33-40-66-47(43-46)41-42-70-66)53-35-37-59-57-29-16-18-32-62(57)68(64(59)45-53,50-23-9-3-10-24-50)51-25-11-4-12-26-51/h1-45H. The van der Waals surface area contributed by atoms with Crippen molar-refractivity contribution in [1.29, 1.82) is 0 Å². The van der Waals surface area contributed by atoms with Gasteiger partial charge in [0.2, 0.25) is 0 Å². The van der Waals surface area contributed by atoms with Gasteiger partial charge in [-0.25, -0.2) is 0 Å². The minimum Gasteiger partial charge on any atom is -0.310 e. The SMILES string of the molecule is c1ccc(C2(c3ccccc3)c3ccccc3-c3ccc(N(c4ccc5c(c4)C(c4ccccc4)(c4ccccc4)c4ccccc4-5)c4ccc(-c5ccc6sccc6c5)c5ccccc45)cc32)cc1. The van der Waals surface area contributed by atoms with Gasteiger partial charge in [-0.2, -0.15) is 0 Å². The van der Waals surface area contributed by atoms with E-state index in [1.54, 1.807) is 11.3 Å². The predicted octanol–water partition coefficient (Wildman–Crippen LogP) is 17.9. The lowest BCUT2D eigenvalue weighted by Gasteiger charge is -2.36. The molecule has 12 aromatic rings. The van der Waals surface area contributed by atoms with Gasteiger partial charge >= 0.3 is 0 Å². The summed E-state index contributed by atoms with van der Waals surface area (Å²) < 4.78 is 1.30. The minimum atomic E-state index is -0.558. The molecule has 2 aliphatic rings. The van der Waals surface area contributed by atoms with Gasteiger partial charge in [0, 0.05) is 21.5 Å². The number of hydrogen-bond donors (Lipinski definition) is 0. The number of fused-ring (bicyclic) bond motifs is 8. The van der Waals surface area contributed by atoms with Crippen LogP contribution in [-0.4, -0.2) is 0 Å². The van der Waals surface area contributed by atoms with Crippen LogP contribution in [0.4, 0.5) is 17.1 Å². The lowest BCUT2D eigenvalue weighted by atomic mass is 9.67. The van der Waals surface area contributed by atoms with Crippen molar-refractivity contribution >= 4 is 49.3 Å². The van der Waals surface area contributed by atoms with E-state index in [1.807, 2.05) is 0 Å². The van der Waals surface area contributed by atoms with Crippen LogP contribution >= 0.6 is 11.3 Å². The van der Waals surface area contributed by atoms with Crippen LogP contribution in [0.3, 0.4) is 0 Å². The summed E-state index contributed by atoms with van der Waals surface area (Å²) in [7, 11) is 0. The Morgan fingerprint density at radius 2 is 0.729 bits per heavy atom. The van der Waals surface area contributed by atoms with E-state index >= 15 is 0 Å². The lowest BCUT2D eigenvalue weighted by molar-refractivity contribution is 0.767. The first-order valence-electron chi connectivity index (χ1n) is 24.2. The molecule has 1 nitrogen and oxygen atoms in total. The Kier molecular flexibility index (Phi) is 9.27. The fourth-order valence-corrected chi connectivity index (χ4v) is 13.2. The van der Waals surface area contributed by atoms with Crippen molar-refractivity contribution in [2.24, 2.45) is 0 Å². The predicted molar refractivity (Wildman–Crippen MR) is 294 cm³/mol. The summed E-state index contributed by atoms with van der Waals surface area (Å²) in [6.45, 7) is 0. The van der Waals surface area contributed by atoms with Crippen molar-refractivity contribution in [2.45, 2.75) is 10.8 Å². The molecule has 0 N–H and O–H groups in total. The molecular weight excluding hydrogens is 863 g/mol. The molecule has 328 valence electrons. The Morgan fingerprint density at radius 1 is 0.300 bits per heavy atom. The summed E-state index contributed by atoms with van der Waals surface area (Å²) in [6, 6.07) is 100.0. The summed E-state index contributed by atoms with van der Waals surface area (Å²) in [4.78, 5) is 2.54. The number of hydrogen-bond acceptors (Lipinski definition) is 2. The topological polar surface area (TPSA) is 3.24 Å². The minimum absolute atomic E-state index is 0.558. The summed E-state index contributed by atoms with van der Waals surface area (Å²) >= 11 is 1.79. The maximum Gasteiger partial charge on any atom is 0.0714 e. The highest BCUT2D eigenvalue weighted by molar-refractivity contribution is 7.17. The largest absolute Gasteiger partial charge is 0.310 e. The molecule has 70 heavy (non-hydrogen) atoms. The van der Waals surface area contributed by atoms with Gasteiger partial charge in [0.1, 0.15) is 0 Å². The van der Waals surface area contributed by atoms with E-state index in [0.717, 1.165) is 17.1 Å². The zero-order valence-electron chi connectivity index (χ0n) is 38.3. The summed E-state index contributed by atoms with van der Waals surface area (Å²) in [5.41, 5.74) is 19.8. The van der Waals surface area contributed by atoms with E-state index in [-0.39, 0.29) is 0 Å². The molecule has 0 atom stereocenters. The van der Waals surface area contributed by atoms with Gasteiger partial charge in [-0.05, 0) is 143 Å². The van der Waals surface area contributed by atoms with Gasteiger partial charge in [0.15, 0.2) is 0 Å². The van der Waals surface area contributed by atoms with Crippen molar-refractivity contribution in [3.63, 3.8) is 0 Å². The van der Waals surface area contributed by atoms with Crippen LogP contribution in [0, 0.1) is 0 Å². The van der Waals surface area contributed by atoms with E-state index in [4.69, 9.17) is 0 Å². The summed E-state index contributed by atoms with van der Waals surface area (Å²) in [6.07, 6.45) is 0. The monoisotopic (exact) mass is 907 g/mol. The first kappa shape index (κ1) is 40.5. The quantitative estimate of drug-likeness (QED) is 0.147. The molecule has 2 heteroatoms. The highest BCUT2D eigenvalue weighted by Gasteiger charge is 2.48. The molecule has 0 aliphatic heterocycles. The smallest absolute Gasteiger partial charge is 0.0714 e. The van der Waals surface area contributed by atoms with E-state index in [9.17, 15) is 0 Å². The summed E-state index contributed by atoms with van der Waals surface area (Å²) in [5.74, 6) is 0. The molecule has 0 saturated carbocycles. The van der Waals surface area contributed by atoms with Crippen LogP contribution in [0.15, 0.2) is 272 Å². The fraction of sp³-hybridized carbons (Fsp3) is 0.0294. The third-order valence-corrected chi connectivity index (χ3v) is 16.2. The number of nitrogens with zero attached hydrogens (tertiary/aromatic N) is 1. The molecule has 0 saturated heterocycles. The van der Waals surface area contributed by atoms with Gasteiger partial charge in [0.25, 0.3) is 0 Å². The molecule has 14 rings (SSSR count). The van der Waals surface area contributed by atoms with E-state index in [1.165, 1.54) is 98.7 Å². The maximum absolute atomic E-state index is 2.54. The fourth-order valence-electron chi connectivity index (χ4n) is 12.4. The maximum atomic E-state index is 2.54. The Morgan fingerprint density at radius 3 is 1.24 bits per heavy atom. The number of thiophene rings is 1. The molecule has 1 heterocycles. The Labute approximate surface area is 412 Å². The normalized spacial score (nSPS) is 13.7. The molecule has 0 spiro atoms. The van der Waals surface area contributed by atoms with Crippen molar-refractivity contribution in [3.05, 3.63) is 317 Å². The van der Waals surface area contributed by atoms with E-state index in [0.29, 0.717) is 0 Å². The second kappa shape index (κ2) is 16.0. The first-order valence-corrected chi connectivity index (χ1v) is 25.1. The molecule has 0 radical (unpaired) electrons. The average Bonchev–Trinajstić information content (AvgIpc) is 4.13. The summed E-state index contributed by atoms with van der Waals surface area (Å²) in [5, 5.41) is 5.86. The van der Waals surface area contributed by atoms with E-state index in [2.05, 4.69) is 277 Å². The third kappa shape index (κ3) is 5.84. The van der Waals surface area contributed by atoms with Crippen molar-refractivity contribution < 1.29 is 0 Å². The first-order chi connectivity index (χ1) is 34.7. The highest BCUT2D eigenvalue weighted by Crippen LogP contribution is 2.60. The van der Waals surface area contributed by atoms with Crippen LogP contribution in [-0.2, 0) is 10.8 Å². The molecule has 0 amide bonds. The third-order valence-electron chi connectivity index (χ3n) is 15.3. The molecular formula is C68H45NS. The molecule has 11 aromatic carbocycles. The zero-order chi connectivity index (χ0) is 46.2. The van der Waals surface area contributed by atoms with Crippen molar-refractivity contribution in [2.75, 3.05) is 4.90 Å². The number of benzene rings is 11. The van der Waals surface area contributed by atoms with Crippen molar-refractivity contribution in [3.8, 4) is 33.4 Å². The number of rotatable bonds is 8. The Hall–Kier alpha value is -8.56.